The van der Waals surface area contributed by atoms with E-state index in [4.69, 9.17) is 19.3 Å². The maximum atomic E-state index is 14.2. The van der Waals surface area contributed by atoms with E-state index in [-0.39, 0.29) is 127 Å². The van der Waals surface area contributed by atoms with E-state index in [1.807, 2.05) is 39.8 Å². The van der Waals surface area contributed by atoms with Crippen molar-refractivity contribution in [2.45, 2.75) is 154 Å². The summed E-state index contributed by atoms with van der Waals surface area (Å²) >= 11 is 0. The number of hydrogen-bond acceptors (Lipinski definition) is 13. The monoisotopic (exact) mass is 1460 g/mol. The molecule has 2 aliphatic rings. The van der Waals surface area contributed by atoms with Crippen LogP contribution < -0.4 is 21.7 Å². The zero-order chi connectivity index (χ0) is 68.5. The Hall–Kier alpha value is -7.66. The first-order chi connectivity index (χ1) is 46.3. The highest BCUT2D eigenvalue weighted by atomic mass is 35.5. The van der Waals surface area contributed by atoms with E-state index in [2.05, 4.69) is 76.2 Å². The zero-order valence-corrected chi connectivity index (χ0v) is 60.5. The summed E-state index contributed by atoms with van der Waals surface area (Å²) < 4.78 is 73.6. The van der Waals surface area contributed by atoms with E-state index in [0.29, 0.717) is 54.0 Å². The van der Waals surface area contributed by atoms with Crippen LogP contribution in [-0.4, -0.2) is 112 Å². The molecule has 2 heterocycles. The van der Waals surface area contributed by atoms with Crippen LogP contribution in [0.25, 0.3) is 22.9 Å². The first-order valence-electron chi connectivity index (χ1n) is 33.5. The number of hydrogen-bond donors (Lipinski definition) is 5. The van der Waals surface area contributed by atoms with Crippen LogP contribution >= 0.6 is 49.6 Å². The summed E-state index contributed by atoms with van der Waals surface area (Å²) in [6.45, 7) is 14.8. The number of aliphatic hydroxyl groups excluding tert-OH is 1. The molecule has 0 aliphatic heterocycles. The van der Waals surface area contributed by atoms with Gasteiger partial charge in [-0.1, -0.05) is 90.1 Å². The molecule has 0 radical (unpaired) electrons. The lowest BCUT2D eigenvalue weighted by Crippen LogP contribution is -2.50. The van der Waals surface area contributed by atoms with Crippen molar-refractivity contribution < 1.29 is 55.4 Å². The Balaban J connectivity index is 0.000000347. The van der Waals surface area contributed by atoms with Crippen LogP contribution in [-0.2, 0) is 41.5 Å². The molecule has 6 aromatic carbocycles. The van der Waals surface area contributed by atoms with Crippen molar-refractivity contribution in [2.24, 2.45) is 5.73 Å². The fraction of sp³-hybridized carbons (Fsp3) is 0.395. The van der Waals surface area contributed by atoms with Crippen molar-refractivity contribution in [1.29, 1.82) is 0 Å². The normalized spacial score (nSPS) is 14.1. The summed E-state index contributed by atoms with van der Waals surface area (Å²) in [6.07, 6.45) is 12.4. The van der Waals surface area contributed by atoms with Gasteiger partial charge in [0.15, 0.2) is 0 Å². The van der Waals surface area contributed by atoms with Crippen LogP contribution in [0.4, 0.5) is 17.6 Å². The lowest BCUT2D eigenvalue weighted by atomic mass is 9.97. The molecule has 2 aromatic heterocycles. The van der Waals surface area contributed by atoms with Gasteiger partial charge in [0.25, 0.3) is 17.7 Å². The minimum absolute atomic E-state index is 0. The SMILES string of the molecule is CCCN(CCC)C(=O)c1cc(C(=O)N[C@@H](Cc2cc(F)cc(F)c2)[C@H](O)CNC2(c3cccc(CC)c3)CC2)cc(-c2ncco2)c1.CCCN(CCC)C(=O)c1cc(C(=O)O[C@H](CNC2(c3cccc(CC)c3)CC2)[C@@H](N)Cc2cc(F)cc(F)c2)cc(-c2ncco2)c1.Cl.Cl.Cl.Cl. The predicted molar refractivity (Wildman–Crippen MR) is 390 cm³/mol. The average molecular weight is 1460 g/mol. The molecule has 540 valence electrons. The number of nitrogens with one attached hydrogen (secondary N) is 3. The number of carbonyl (C=O) groups excluding carboxylic acids is 4. The number of benzene rings is 6. The number of halogens is 8. The Bertz CT molecular complexity index is 3890. The summed E-state index contributed by atoms with van der Waals surface area (Å²) in [6, 6.07) is 30.9. The van der Waals surface area contributed by atoms with Gasteiger partial charge >= 0.3 is 5.97 Å². The second-order valence-corrected chi connectivity index (χ2v) is 25.1. The summed E-state index contributed by atoms with van der Waals surface area (Å²) in [5.41, 5.74) is 13.3. The minimum atomic E-state index is -1.12. The third kappa shape index (κ3) is 22.2. The molecular weight excluding hydrogens is 1370 g/mol. The number of aryl methyl sites for hydroxylation is 2. The summed E-state index contributed by atoms with van der Waals surface area (Å²) in [4.78, 5) is 67.1. The third-order valence-corrected chi connectivity index (χ3v) is 17.6. The fourth-order valence-corrected chi connectivity index (χ4v) is 12.2. The molecule has 6 N–H and O–H groups in total. The molecule has 100 heavy (non-hydrogen) atoms. The maximum absolute atomic E-state index is 14.2. The number of aromatic nitrogens is 2. The van der Waals surface area contributed by atoms with Crippen molar-refractivity contribution in [1.82, 2.24) is 35.7 Å². The van der Waals surface area contributed by atoms with Crippen molar-refractivity contribution in [3.8, 4) is 22.9 Å². The van der Waals surface area contributed by atoms with Gasteiger partial charge in [-0.3, -0.25) is 14.4 Å². The van der Waals surface area contributed by atoms with E-state index in [1.54, 1.807) is 34.1 Å². The van der Waals surface area contributed by atoms with Gasteiger partial charge < -0.3 is 50.2 Å². The molecule has 0 bridgehead atoms. The Morgan fingerprint density at radius 2 is 0.950 bits per heavy atom. The van der Waals surface area contributed by atoms with Crippen LogP contribution in [0.1, 0.15) is 168 Å². The second-order valence-electron chi connectivity index (χ2n) is 25.1. The average Bonchev–Trinajstić information content (AvgIpc) is 1.63. The standard InChI is InChI=1S/2C38H44F2N4O4.4ClH/c1-4-13-44(14-5-2)36(45)28-20-27(35-42-12-15-47-35)21-29(22-28)37(46)48-34(33(41)19-26-17-31(39)23-32(40)18-26)24-43-38(10-11-38)30-9-7-8-25(6-3)16-30;1-4-13-44(14-5-2)37(47)29-21-27(20-28(22-29)36-41-12-15-48-36)35(46)43-33(19-26-17-31(39)23-32(40)18-26)34(45)24-42-38(10-11-38)30-9-7-8-25(6-3)16-30;;;;/h7-9,12,15-18,20-23,33-34,43H,4-6,10-11,13-14,19,24,41H2,1-3H3;7-9,12,15-18,20-23,33-34,42,45H,4-6,10-11,13-14,19,24H2,1-3H3,(H,43,46);4*1H/t2*33-,34+;;;;/m00..../s1. The fourth-order valence-electron chi connectivity index (χ4n) is 12.2. The van der Waals surface area contributed by atoms with Crippen LogP contribution in [0.15, 0.2) is 155 Å². The highest BCUT2D eigenvalue weighted by Gasteiger charge is 2.46. The number of nitrogens with zero attached hydrogens (tertiary/aromatic N) is 4. The van der Waals surface area contributed by atoms with E-state index in [9.17, 15) is 41.8 Å². The molecule has 24 heteroatoms. The number of amides is 3. The number of ether oxygens (including phenoxy) is 1. The smallest absolute Gasteiger partial charge is 0.338 e. The van der Waals surface area contributed by atoms with Gasteiger partial charge in [0.1, 0.15) is 41.9 Å². The Labute approximate surface area is 608 Å². The van der Waals surface area contributed by atoms with Crippen molar-refractivity contribution in [3.63, 3.8) is 0 Å². The summed E-state index contributed by atoms with van der Waals surface area (Å²) in [5, 5.41) is 21.5. The van der Waals surface area contributed by atoms with Gasteiger partial charge in [0.2, 0.25) is 11.8 Å². The molecule has 2 fully saturated rings. The van der Waals surface area contributed by atoms with E-state index in [0.717, 1.165) is 87.5 Å². The van der Waals surface area contributed by atoms with Crippen molar-refractivity contribution >= 4 is 73.3 Å². The molecule has 16 nitrogen and oxygen atoms in total. The lowest BCUT2D eigenvalue weighted by molar-refractivity contribution is 0.0228. The largest absolute Gasteiger partial charge is 0.456 e. The molecule has 2 saturated carbocycles. The van der Waals surface area contributed by atoms with E-state index < -0.39 is 59.4 Å². The third-order valence-electron chi connectivity index (χ3n) is 17.6. The van der Waals surface area contributed by atoms with Crippen molar-refractivity contribution in [3.05, 3.63) is 225 Å². The second kappa shape index (κ2) is 39.0. The first kappa shape index (κ1) is 83.0. The van der Waals surface area contributed by atoms with E-state index >= 15 is 0 Å². The van der Waals surface area contributed by atoms with Crippen molar-refractivity contribution in [2.75, 3.05) is 39.3 Å². The Morgan fingerprint density at radius 1 is 0.540 bits per heavy atom. The number of carbonyl (C=O) groups is 4. The molecule has 0 unspecified atom stereocenters. The minimum Gasteiger partial charge on any atom is -0.456 e. The Morgan fingerprint density at radius 3 is 1.36 bits per heavy atom. The summed E-state index contributed by atoms with van der Waals surface area (Å²) in [7, 11) is 0. The molecule has 10 rings (SSSR count). The van der Waals surface area contributed by atoms with Crippen LogP contribution in [0.3, 0.4) is 0 Å². The van der Waals surface area contributed by atoms with Gasteiger partial charge in [0, 0.05) is 96.3 Å². The number of aliphatic hydroxyl groups is 1. The van der Waals surface area contributed by atoms with Gasteiger partial charge in [-0.2, -0.15) is 0 Å². The molecule has 2 aliphatic carbocycles. The molecule has 4 atom stereocenters. The molecule has 3 amide bonds. The predicted octanol–water partition coefficient (Wildman–Crippen LogP) is 14.9. The van der Waals surface area contributed by atoms with Crippen LogP contribution in [0.2, 0.25) is 0 Å². The maximum Gasteiger partial charge on any atom is 0.338 e. The quantitative estimate of drug-likeness (QED) is 0.0196. The first-order valence-corrected chi connectivity index (χ1v) is 33.5. The summed E-state index contributed by atoms with van der Waals surface area (Å²) in [5.74, 6) is -4.11. The van der Waals surface area contributed by atoms with Gasteiger partial charge in [-0.05, 0) is 171 Å². The number of oxazole rings is 2. The number of rotatable bonds is 32. The van der Waals surface area contributed by atoms with Gasteiger partial charge in [-0.25, -0.2) is 32.3 Å². The van der Waals surface area contributed by atoms with Crippen LogP contribution in [0.5, 0.6) is 0 Å². The van der Waals surface area contributed by atoms with Gasteiger partial charge in [-0.15, -0.1) is 49.6 Å². The lowest BCUT2D eigenvalue weighted by Gasteiger charge is -2.28. The van der Waals surface area contributed by atoms with Crippen LogP contribution in [0, 0.1) is 23.3 Å². The number of esters is 1. The molecule has 8 aromatic rings. The highest BCUT2D eigenvalue weighted by molar-refractivity contribution is 6.02. The Kier molecular flexibility index (Phi) is 32.3. The molecule has 0 spiro atoms. The van der Waals surface area contributed by atoms with E-state index in [1.165, 1.54) is 72.4 Å². The molecule has 0 saturated heterocycles. The van der Waals surface area contributed by atoms with Gasteiger partial charge in [0.05, 0.1) is 30.1 Å². The topological polar surface area (TPSA) is 218 Å². The molecular formula is C76H92Cl4F4N8O8. The number of nitrogens with two attached hydrogens (primary N) is 1. The zero-order valence-electron chi connectivity index (χ0n) is 57.2. The highest BCUT2D eigenvalue weighted by Crippen LogP contribution is 2.47.